The van der Waals surface area contributed by atoms with Crippen LogP contribution in [-0.2, 0) is 0 Å². The van der Waals surface area contributed by atoms with Gasteiger partial charge in [-0.2, -0.15) is 9.67 Å². The highest BCUT2D eigenvalue weighted by atomic mass is 32.2. The summed E-state index contributed by atoms with van der Waals surface area (Å²) in [5.74, 6) is 0.684. The molecule has 22 heavy (non-hydrogen) atoms. The number of aromatic nitrogens is 3. The summed E-state index contributed by atoms with van der Waals surface area (Å²) in [5.41, 5.74) is 0.952. The van der Waals surface area contributed by atoms with Crippen molar-refractivity contribution in [2.45, 2.75) is 5.16 Å². The molecule has 0 aliphatic rings. The van der Waals surface area contributed by atoms with Crippen molar-refractivity contribution in [3.8, 4) is 11.6 Å². The normalized spacial score (nSPS) is 11.1. The molecule has 0 N–H and O–H groups in total. The van der Waals surface area contributed by atoms with Crippen molar-refractivity contribution in [1.29, 1.82) is 0 Å². The van der Waals surface area contributed by atoms with Gasteiger partial charge in [0, 0.05) is 6.08 Å². The first-order valence-corrected chi connectivity index (χ1v) is 7.83. The van der Waals surface area contributed by atoms with Crippen LogP contribution in [0.25, 0.3) is 17.7 Å². The van der Waals surface area contributed by atoms with Crippen LogP contribution >= 0.6 is 11.8 Å². The van der Waals surface area contributed by atoms with Crippen LogP contribution in [0.3, 0.4) is 0 Å². The molecule has 0 radical (unpaired) electrons. The zero-order valence-corrected chi connectivity index (χ0v) is 12.7. The van der Waals surface area contributed by atoms with Crippen molar-refractivity contribution in [3.63, 3.8) is 0 Å². The van der Waals surface area contributed by atoms with Crippen LogP contribution in [0.2, 0.25) is 0 Å². The molecule has 0 bridgehead atoms. The standard InChI is InChI=1S/C16H13N3O2S/c1-22-16-17-15(13-8-5-11-21-13)18-19(16)14(20)10-9-12-6-3-2-4-7-12/h2-11H,1H3/b10-9+. The summed E-state index contributed by atoms with van der Waals surface area (Å²) in [6.45, 7) is 0. The van der Waals surface area contributed by atoms with Crippen LogP contribution in [0.1, 0.15) is 10.4 Å². The molecule has 0 saturated carbocycles. The van der Waals surface area contributed by atoms with E-state index in [0.717, 1.165) is 5.56 Å². The van der Waals surface area contributed by atoms with Crippen LogP contribution in [-0.4, -0.2) is 26.9 Å². The summed E-state index contributed by atoms with van der Waals surface area (Å²) in [4.78, 5) is 16.6. The molecule has 5 nitrogen and oxygen atoms in total. The maximum atomic E-state index is 12.3. The van der Waals surface area contributed by atoms with Gasteiger partial charge in [0.1, 0.15) is 0 Å². The second-order valence-corrected chi connectivity index (χ2v) is 5.17. The Bertz CT molecular complexity index is 792. The predicted octanol–water partition coefficient (Wildman–Crippen LogP) is 3.61. The number of hydrogen-bond donors (Lipinski definition) is 0. The maximum absolute atomic E-state index is 12.3. The third kappa shape index (κ3) is 3.01. The first kappa shape index (κ1) is 14.3. The van der Waals surface area contributed by atoms with Gasteiger partial charge in [-0.05, 0) is 30.0 Å². The first-order chi connectivity index (χ1) is 10.8. The average Bonchev–Trinajstić information content (AvgIpc) is 3.22. The third-order valence-corrected chi connectivity index (χ3v) is 3.56. The molecule has 2 aromatic heterocycles. The molecule has 0 atom stereocenters. The minimum absolute atomic E-state index is 0.251. The smallest absolute Gasteiger partial charge is 0.273 e. The van der Waals surface area contributed by atoms with Gasteiger partial charge in [-0.1, -0.05) is 42.1 Å². The Kier molecular flexibility index (Phi) is 4.20. The minimum atomic E-state index is -0.251. The topological polar surface area (TPSA) is 60.9 Å². The summed E-state index contributed by atoms with van der Waals surface area (Å²) in [5, 5.41) is 4.75. The van der Waals surface area contributed by atoms with Gasteiger partial charge >= 0.3 is 0 Å². The fourth-order valence-corrected chi connectivity index (χ4v) is 2.37. The second-order valence-electron chi connectivity index (χ2n) is 4.39. The highest BCUT2D eigenvalue weighted by Crippen LogP contribution is 2.20. The van der Waals surface area contributed by atoms with Crippen LogP contribution in [0, 0.1) is 0 Å². The summed E-state index contributed by atoms with van der Waals surface area (Å²) < 4.78 is 6.54. The summed E-state index contributed by atoms with van der Waals surface area (Å²) in [6, 6.07) is 13.1. The van der Waals surface area contributed by atoms with Crippen LogP contribution in [0.15, 0.2) is 64.4 Å². The predicted molar refractivity (Wildman–Crippen MR) is 85.6 cm³/mol. The van der Waals surface area contributed by atoms with Gasteiger partial charge in [-0.3, -0.25) is 4.79 Å². The van der Waals surface area contributed by atoms with E-state index in [1.54, 1.807) is 24.5 Å². The van der Waals surface area contributed by atoms with E-state index in [1.807, 2.05) is 36.6 Å². The van der Waals surface area contributed by atoms with Crippen molar-refractivity contribution in [1.82, 2.24) is 14.8 Å². The Labute approximate surface area is 131 Å². The number of rotatable bonds is 4. The van der Waals surface area contributed by atoms with Crippen LogP contribution in [0.5, 0.6) is 0 Å². The van der Waals surface area contributed by atoms with Gasteiger partial charge in [-0.15, -0.1) is 5.10 Å². The summed E-state index contributed by atoms with van der Waals surface area (Å²) >= 11 is 1.36. The molecule has 2 heterocycles. The number of furan rings is 1. The van der Waals surface area contributed by atoms with Crippen molar-refractivity contribution in [2.75, 3.05) is 6.26 Å². The highest BCUT2D eigenvalue weighted by Gasteiger charge is 2.16. The molecule has 0 spiro atoms. The van der Waals surface area contributed by atoms with Crippen LogP contribution in [0.4, 0.5) is 0 Å². The highest BCUT2D eigenvalue weighted by molar-refractivity contribution is 7.98. The lowest BCUT2D eigenvalue weighted by molar-refractivity contribution is 0.0944. The van der Waals surface area contributed by atoms with Crippen molar-refractivity contribution in [3.05, 3.63) is 60.4 Å². The zero-order valence-electron chi connectivity index (χ0n) is 11.8. The van der Waals surface area contributed by atoms with E-state index < -0.39 is 0 Å². The molecule has 0 aliphatic heterocycles. The van der Waals surface area contributed by atoms with E-state index >= 15 is 0 Å². The van der Waals surface area contributed by atoms with E-state index in [1.165, 1.54) is 22.5 Å². The molecule has 6 heteroatoms. The van der Waals surface area contributed by atoms with E-state index in [-0.39, 0.29) is 5.91 Å². The molecule has 3 rings (SSSR count). The molecular weight excluding hydrogens is 298 g/mol. The fourth-order valence-electron chi connectivity index (χ4n) is 1.89. The number of benzene rings is 1. The lowest BCUT2D eigenvalue weighted by atomic mass is 10.2. The second kappa shape index (κ2) is 6.44. The Morgan fingerprint density at radius 3 is 2.73 bits per heavy atom. The van der Waals surface area contributed by atoms with E-state index in [4.69, 9.17) is 4.42 Å². The molecule has 0 fully saturated rings. The van der Waals surface area contributed by atoms with Gasteiger partial charge in [-0.25, -0.2) is 0 Å². The van der Waals surface area contributed by atoms with E-state index in [0.29, 0.717) is 16.7 Å². The third-order valence-electron chi connectivity index (χ3n) is 2.93. The number of nitrogens with zero attached hydrogens (tertiary/aromatic N) is 3. The van der Waals surface area contributed by atoms with E-state index in [9.17, 15) is 4.79 Å². The number of allylic oxidation sites excluding steroid dienone is 1. The fraction of sp³-hybridized carbons (Fsp3) is 0.0625. The number of hydrogen-bond acceptors (Lipinski definition) is 5. The minimum Gasteiger partial charge on any atom is -0.461 e. The summed E-state index contributed by atoms with van der Waals surface area (Å²) in [6.07, 6.45) is 6.63. The molecule has 0 saturated heterocycles. The maximum Gasteiger partial charge on any atom is 0.273 e. The molecule has 0 aliphatic carbocycles. The van der Waals surface area contributed by atoms with Crippen LogP contribution < -0.4 is 0 Å². The molecule has 3 aromatic rings. The number of carbonyl (C=O) groups excluding carboxylic acids is 1. The Balaban J connectivity index is 1.87. The molecule has 1 aromatic carbocycles. The zero-order chi connectivity index (χ0) is 15.4. The van der Waals surface area contributed by atoms with Crippen molar-refractivity contribution in [2.24, 2.45) is 0 Å². The largest absolute Gasteiger partial charge is 0.461 e. The monoisotopic (exact) mass is 311 g/mol. The van der Waals surface area contributed by atoms with Crippen molar-refractivity contribution < 1.29 is 9.21 Å². The van der Waals surface area contributed by atoms with Crippen molar-refractivity contribution >= 4 is 23.7 Å². The Morgan fingerprint density at radius 2 is 2.05 bits per heavy atom. The Hall–Kier alpha value is -2.60. The molecule has 110 valence electrons. The van der Waals surface area contributed by atoms with Gasteiger partial charge in [0.15, 0.2) is 10.9 Å². The average molecular weight is 311 g/mol. The number of carbonyl (C=O) groups is 1. The summed E-state index contributed by atoms with van der Waals surface area (Å²) in [7, 11) is 0. The lowest BCUT2D eigenvalue weighted by Crippen LogP contribution is -2.10. The Morgan fingerprint density at radius 1 is 1.23 bits per heavy atom. The number of thioether (sulfide) groups is 1. The van der Waals surface area contributed by atoms with E-state index in [2.05, 4.69) is 10.1 Å². The van der Waals surface area contributed by atoms with Gasteiger partial charge in [0.2, 0.25) is 5.82 Å². The molecule has 0 unspecified atom stereocenters. The van der Waals surface area contributed by atoms with Gasteiger partial charge < -0.3 is 4.42 Å². The first-order valence-electron chi connectivity index (χ1n) is 6.60. The molecule has 0 amide bonds. The van der Waals surface area contributed by atoms with Gasteiger partial charge in [0.25, 0.3) is 5.91 Å². The molecular formula is C16H13N3O2S. The quantitative estimate of drug-likeness (QED) is 0.544. The lowest BCUT2D eigenvalue weighted by Gasteiger charge is -1.97. The SMILES string of the molecule is CSc1nc(-c2ccco2)nn1C(=O)/C=C/c1ccccc1. The van der Waals surface area contributed by atoms with Gasteiger partial charge in [0.05, 0.1) is 6.26 Å².